The number of aromatic nitrogens is 6. The number of imidazole rings is 2. The Morgan fingerprint density at radius 3 is 2.56 bits per heavy atom. The first kappa shape index (κ1) is 19.9. The third-order valence-corrected chi connectivity index (χ3v) is 10.1. The van der Waals surface area contributed by atoms with Gasteiger partial charge in [0.25, 0.3) is 0 Å². The monoisotopic (exact) mass is 576 g/mol. The second-order valence-corrected chi connectivity index (χ2v) is 11.7. The SMILES string of the molecule is Brc1c(-c2ccccn2)nc2n1C1CCC2(c2ccnc(-c3nc4n(c3Br)[C@H]3CC[C@@H]4C3)c2)C1. The first-order valence-corrected chi connectivity index (χ1v) is 13.7. The Morgan fingerprint density at radius 2 is 1.71 bits per heavy atom. The zero-order chi connectivity index (χ0) is 22.6. The average Bonchev–Trinajstić information content (AvgIpc) is 3.69. The maximum atomic E-state index is 5.18. The smallest absolute Gasteiger partial charge is 0.122 e. The molecule has 8 heteroatoms. The van der Waals surface area contributed by atoms with Crippen LogP contribution in [0.1, 0.15) is 73.7 Å². The fourth-order valence-corrected chi connectivity index (χ4v) is 8.61. The van der Waals surface area contributed by atoms with Crippen LogP contribution in [0, 0.1) is 0 Å². The van der Waals surface area contributed by atoms with Crippen LogP contribution >= 0.6 is 31.9 Å². The van der Waals surface area contributed by atoms with E-state index in [0.29, 0.717) is 18.0 Å². The zero-order valence-corrected chi connectivity index (χ0v) is 21.6. The normalized spacial score (nSPS) is 28.0. The molecular weight excluding hydrogens is 556 g/mol. The highest BCUT2D eigenvalue weighted by Gasteiger charge is 2.53. The fraction of sp³-hybridized carbons (Fsp3) is 0.385. The lowest BCUT2D eigenvalue weighted by atomic mass is 9.79. The lowest BCUT2D eigenvalue weighted by Crippen LogP contribution is -2.25. The van der Waals surface area contributed by atoms with E-state index in [2.05, 4.69) is 58.1 Å². The van der Waals surface area contributed by atoms with Crippen molar-refractivity contribution in [1.82, 2.24) is 29.1 Å². The van der Waals surface area contributed by atoms with Crippen molar-refractivity contribution in [2.24, 2.45) is 0 Å². The van der Waals surface area contributed by atoms with Gasteiger partial charge in [-0.3, -0.25) is 9.97 Å². The summed E-state index contributed by atoms with van der Waals surface area (Å²) in [5.41, 5.74) is 4.99. The summed E-state index contributed by atoms with van der Waals surface area (Å²) in [6.07, 6.45) is 10.9. The number of pyridine rings is 2. The average molecular weight is 578 g/mol. The van der Waals surface area contributed by atoms with Gasteiger partial charge in [-0.2, -0.15) is 0 Å². The highest BCUT2D eigenvalue weighted by atomic mass is 79.9. The Hall–Kier alpha value is -2.32. The molecule has 4 bridgehead atoms. The van der Waals surface area contributed by atoms with E-state index in [1.807, 2.05) is 30.6 Å². The molecule has 4 aromatic rings. The van der Waals surface area contributed by atoms with Crippen LogP contribution in [0.15, 0.2) is 51.9 Å². The standard InChI is InChI=1S/C26H22Br2N6/c27-22-21(31-24-14-4-5-16(11-14)33(22)24)19-12-15(7-10-30-19)26-8-6-17(13-26)34-23(28)20(32-25(26)34)18-3-1-2-9-29-18/h1-3,7,9-10,12,14,16-17H,4-6,8,11,13H2/t14-,16+,17?,26?/m1/s1. The highest BCUT2D eigenvalue weighted by molar-refractivity contribution is 9.10. The Bertz CT molecular complexity index is 1470. The predicted octanol–water partition coefficient (Wildman–Crippen LogP) is 6.58. The molecule has 0 aromatic carbocycles. The second-order valence-electron chi connectivity index (χ2n) is 10.2. The molecule has 4 aliphatic rings. The quantitative estimate of drug-likeness (QED) is 0.276. The van der Waals surface area contributed by atoms with E-state index in [1.54, 1.807) is 0 Å². The number of hydrogen-bond acceptors (Lipinski definition) is 4. The van der Waals surface area contributed by atoms with Gasteiger partial charge in [-0.15, -0.1) is 0 Å². The van der Waals surface area contributed by atoms with Gasteiger partial charge in [0, 0.05) is 30.4 Å². The van der Waals surface area contributed by atoms with Crippen LogP contribution in [0.5, 0.6) is 0 Å². The molecule has 0 radical (unpaired) electrons. The molecule has 170 valence electrons. The fourth-order valence-electron chi connectivity index (χ4n) is 7.10. The minimum Gasteiger partial charge on any atom is -0.319 e. The first-order valence-electron chi connectivity index (χ1n) is 12.1. The molecule has 0 spiro atoms. The van der Waals surface area contributed by atoms with Gasteiger partial charge in [-0.05, 0) is 100 Å². The van der Waals surface area contributed by atoms with E-state index in [-0.39, 0.29) is 5.41 Å². The molecule has 2 saturated carbocycles. The van der Waals surface area contributed by atoms with Crippen LogP contribution in [0.2, 0.25) is 0 Å². The summed E-state index contributed by atoms with van der Waals surface area (Å²) >= 11 is 7.75. The molecule has 2 fully saturated rings. The minimum atomic E-state index is -0.0914. The van der Waals surface area contributed by atoms with Gasteiger partial charge in [0.15, 0.2) is 0 Å². The molecule has 0 amide bonds. The van der Waals surface area contributed by atoms with Gasteiger partial charge in [0.05, 0.1) is 16.8 Å². The molecule has 2 unspecified atom stereocenters. The summed E-state index contributed by atoms with van der Waals surface area (Å²) in [7, 11) is 0. The van der Waals surface area contributed by atoms with Crippen molar-refractivity contribution in [2.45, 2.75) is 61.9 Å². The number of nitrogens with zero attached hydrogens (tertiary/aromatic N) is 6. The Balaban J connectivity index is 1.25. The first-order chi connectivity index (χ1) is 16.6. The molecular formula is C26H22Br2N6. The van der Waals surface area contributed by atoms with Crippen LogP contribution in [0.3, 0.4) is 0 Å². The van der Waals surface area contributed by atoms with Gasteiger partial charge in [0.1, 0.15) is 32.2 Å². The molecule has 2 aliphatic carbocycles. The van der Waals surface area contributed by atoms with E-state index in [1.165, 1.54) is 30.7 Å². The van der Waals surface area contributed by atoms with E-state index >= 15 is 0 Å². The third-order valence-electron chi connectivity index (χ3n) is 8.61. The van der Waals surface area contributed by atoms with Gasteiger partial charge in [-0.1, -0.05) is 6.07 Å². The molecule has 4 aromatic heterocycles. The number of halogens is 2. The van der Waals surface area contributed by atoms with Crippen LogP contribution in [-0.4, -0.2) is 29.1 Å². The molecule has 6 heterocycles. The molecule has 0 saturated heterocycles. The number of hydrogen-bond donors (Lipinski definition) is 0. The van der Waals surface area contributed by atoms with Crippen molar-refractivity contribution < 1.29 is 0 Å². The second kappa shape index (κ2) is 6.88. The van der Waals surface area contributed by atoms with Crippen molar-refractivity contribution in [3.8, 4) is 22.8 Å². The molecule has 0 N–H and O–H groups in total. The summed E-state index contributed by atoms with van der Waals surface area (Å²) in [5.74, 6) is 3.00. The summed E-state index contributed by atoms with van der Waals surface area (Å²) in [4.78, 5) is 19.6. The number of rotatable bonds is 3. The summed E-state index contributed by atoms with van der Waals surface area (Å²) in [5, 5.41) is 0. The Morgan fingerprint density at radius 1 is 0.853 bits per heavy atom. The van der Waals surface area contributed by atoms with E-state index < -0.39 is 0 Å². The predicted molar refractivity (Wildman–Crippen MR) is 136 cm³/mol. The van der Waals surface area contributed by atoms with Gasteiger partial charge in [0.2, 0.25) is 0 Å². The van der Waals surface area contributed by atoms with Crippen LogP contribution in [-0.2, 0) is 5.41 Å². The van der Waals surface area contributed by atoms with Crippen LogP contribution in [0.25, 0.3) is 22.8 Å². The number of fused-ring (bicyclic) bond motifs is 10. The maximum Gasteiger partial charge on any atom is 0.122 e. The molecule has 4 atom stereocenters. The highest BCUT2D eigenvalue weighted by Crippen LogP contribution is 2.59. The van der Waals surface area contributed by atoms with Crippen molar-refractivity contribution in [3.05, 3.63) is 69.1 Å². The third kappa shape index (κ3) is 2.46. The van der Waals surface area contributed by atoms with Gasteiger partial charge in [-0.25, -0.2) is 9.97 Å². The van der Waals surface area contributed by atoms with Crippen molar-refractivity contribution >= 4 is 31.9 Å². The Labute approximate surface area is 214 Å². The van der Waals surface area contributed by atoms with Crippen LogP contribution < -0.4 is 0 Å². The summed E-state index contributed by atoms with van der Waals surface area (Å²) in [6, 6.07) is 11.5. The van der Waals surface area contributed by atoms with Crippen molar-refractivity contribution in [3.63, 3.8) is 0 Å². The van der Waals surface area contributed by atoms with Gasteiger partial charge >= 0.3 is 0 Å². The zero-order valence-electron chi connectivity index (χ0n) is 18.5. The summed E-state index contributed by atoms with van der Waals surface area (Å²) < 4.78 is 6.96. The molecule has 8 rings (SSSR count). The molecule has 6 nitrogen and oxygen atoms in total. The summed E-state index contributed by atoms with van der Waals surface area (Å²) in [6.45, 7) is 0. The van der Waals surface area contributed by atoms with Crippen molar-refractivity contribution in [2.75, 3.05) is 0 Å². The molecule has 34 heavy (non-hydrogen) atoms. The lowest BCUT2D eigenvalue weighted by molar-refractivity contribution is 0.489. The van der Waals surface area contributed by atoms with Crippen molar-refractivity contribution in [1.29, 1.82) is 0 Å². The van der Waals surface area contributed by atoms with E-state index in [0.717, 1.165) is 57.1 Å². The maximum absolute atomic E-state index is 5.18. The lowest BCUT2D eigenvalue weighted by Gasteiger charge is -2.27. The topological polar surface area (TPSA) is 61.4 Å². The largest absolute Gasteiger partial charge is 0.319 e. The van der Waals surface area contributed by atoms with E-state index in [9.17, 15) is 0 Å². The Kier molecular flexibility index (Phi) is 4.03. The van der Waals surface area contributed by atoms with Gasteiger partial charge < -0.3 is 9.13 Å². The minimum absolute atomic E-state index is 0.0914. The van der Waals surface area contributed by atoms with Crippen LogP contribution in [0.4, 0.5) is 0 Å². The molecule has 2 aliphatic heterocycles. The van der Waals surface area contributed by atoms with E-state index in [4.69, 9.17) is 15.0 Å².